The monoisotopic (exact) mass is 302 g/mol. The minimum absolute atomic E-state index is 0.275. The average molecular weight is 303 g/mol. The molecule has 0 heterocycles. The van der Waals surface area contributed by atoms with Crippen molar-refractivity contribution < 1.29 is 0 Å². The first-order valence-electron chi connectivity index (χ1n) is 4.79. The average Bonchev–Trinajstić information content (AvgIpc) is 2.02. The van der Waals surface area contributed by atoms with Crippen LogP contribution in [0.25, 0.3) is 0 Å². The number of alkyl halides is 1. The Kier molecular flexibility index (Phi) is 8.69. The van der Waals surface area contributed by atoms with Gasteiger partial charge in [0.2, 0.25) is 0 Å². The first-order chi connectivity index (χ1) is 5.98. The Bertz CT molecular complexity index is 123. The number of unbranched alkanes of at least 4 members (excludes halogenated alkanes) is 4. The van der Waals surface area contributed by atoms with Crippen molar-refractivity contribution in [2.75, 3.05) is 0 Å². The predicted octanol–water partition coefficient (Wildman–Crippen LogP) is 4.55. The minimum atomic E-state index is -0.495. The van der Waals surface area contributed by atoms with Crippen LogP contribution in [-0.2, 0) is 0 Å². The van der Waals surface area contributed by atoms with Crippen LogP contribution in [0.4, 0.5) is 0 Å². The molecule has 0 N–H and O–H groups in total. The third-order valence-electron chi connectivity index (χ3n) is 1.98. The molecule has 0 aliphatic carbocycles. The van der Waals surface area contributed by atoms with E-state index in [1.165, 1.54) is 32.1 Å². The van der Waals surface area contributed by atoms with Gasteiger partial charge in [0.05, 0.1) is 0 Å². The largest absolute Gasteiger partial charge is 0.150 e. The van der Waals surface area contributed by atoms with Crippen LogP contribution < -0.4 is 0 Å². The van der Waals surface area contributed by atoms with Gasteiger partial charge in [0.25, 0.3) is 0 Å². The van der Waals surface area contributed by atoms with Crippen LogP contribution >= 0.6 is 53.8 Å². The summed E-state index contributed by atoms with van der Waals surface area (Å²) in [4.78, 5) is 0.275. The SMILES string of the molecule is CCCCCCCC(Br)C(S)(S)S. The lowest BCUT2D eigenvalue weighted by Crippen LogP contribution is -2.18. The molecule has 1 atom stereocenters. The van der Waals surface area contributed by atoms with E-state index in [2.05, 4.69) is 60.7 Å². The zero-order valence-corrected chi connectivity index (χ0v) is 12.3. The molecule has 0 rings (SSSR count). The third kappa shape index (κ3) is 8.52. The molecule has 13 heavy (non-hydrogen) atoms. The molecule has 0 bridgehead atoms. The molecule has 0 aromatic rings. The van der Waals surface area contributed by atoms with Crippen molar-refractivity contribution in [2.45, 2.75) is 53.7 Å². The molecular weight excluding hydrogens is 284 g/mol. The molecule has 0 aliphatic rings. The Balaban J connectivity index is 3.32. The highest BCUT2D eigenvalue weighted by Crippen LogP contribution is 2.36. The first kappa shape index (κ1) is 14.5. The molecule has 1 unspecified atom stereocenters. The van der Waals surface area contributed by atoms with Gasteiger partial charge in [-0.05, 0) is 6.42 Å². The molecule has 0 fully saturated rings. The second-order valence-corrected chi connectivity index (χ2v) is 7.64. The highest BCUT2D eigenvalue weighted by atomic mass is 79.9. The zero-order valence-electron chi connectivity index (χ0n) is 8.04. The maximum Gasteiger partial charge on any atom is 0.111 e. The van der Waals surface area contributed by atoms with Gasteiger partial charge in [-0.1, -0.05) is 55.0 Å². The lowest BCUT2D eigenvalue weighted by atomic mass is 10.1. The molecule has 0 nitrogen and oxygen atoms in total. The van der Waals surface area contributed by atoms with E-state index in [1.54, 1.807) is 0 Å². The summed E-state index contributed by atoms with van der Waals surface area (Å²) < 4.78 is -0.495. The molecule has 0 radical (unpaired) electrons. The van der Waals surface area contributed by atoms with Gasteiger partial charge >= 0.3 is 0 Å². The van der Waals surface area contributed by atoms with Gasteiger partial charge in [-0.2, -0.15) is 37.9 Å². The lowest BCUT2D eigenvalue weighted by Gasteiger charge is -2.22. The van der Waals surface area contributed by atoms with Crippen LogP contribution in [0.1, 0.15) is 45.4 Å². The fourth-order valence-electron chi connectivity index (χ4n) is 1.12. The van der Waals surface area contributed by atoms with Crippen LogP contribution in [0.3, 0.4) is 0 Å². The Hall–Kier alpha value is 1.53. The standard InChI is InChI=1S/C9H19BrS3/c1-2-3-4-5-6-7-8(10)9(11,12)13/h8,11-13H,2-7H2,1H3. The molecule has 0 saturated heterocycles. The van der Waals surface area contributed by atoms with E-state index >= 15 is 0 Å². The Morgan fingerprint density at radius 2 is 1.62 bits per heavy atom. The normalized spacial score (nSPS) is 14.5. The Morgan fingerprint density at radius 1 is 1.08 bits per heavy atom. The van der Waals surface area contributed by atoms with Gasteiger partial charge in [0.15, 0.2) is 0 Å². The van der Waals surface area contributed by atoms with E-state index < -0.39 is 3.41 Å². The summed E-state index contributed by atoms with van der Waals surface area (Å²) in [5.41, 5.74) is 0. The van der Waals surface area contributed by atoms with Crippen molar-refractivity contribution in [1.82, 2.24) is 0 Å². The summed E-state index contributed by atoms with van der Waals surface area (Å²) in [7, 11) is 0. The van der Waals surface area contributed by atoms with Crippen molar-refractivity contribution in [3.05, 3.63) is 0 Å². The molecule has 80 valence electrons. The lowest BCUT2D eigenvalue weighted by molar-refractivity contribution is 0.605. The summed E-state index contributed by atoms with van der Waals surface area (Å²) in [6.45, 7) is 2.23. The smallest absolute Gasteiger partial charge is 0.111 e. The number of hydrogen-bond acceptors (Lipinski definition) is 3. The van der Waals surface area contributed by atoms with E-state index in [0.29, 0.717) is 0 Å². The molecule has 4 heteroatoms. The summed E-state index contributed by atoms with van der Waals surface area (Å²) in [5, 5.41) is 0. The van der Waals surface area contributed by atoms with Gasteiger partial charge < -0.3 is 0 Å². The topological polar surface area (TPSA) is 0 Å². The van der Waals surface area contributed by atoms with Crippen LogP contribution in [0, 0.1) is 0 Å². The molecule has 0 aromatic carbocycles. The van der Waals surface area contributed by atoms with Crippen LogP contribution in [-0.4, -0.2) is 8.24 Å². The quantitative estimate of drug-likeness (QED) is 0.261. The zero-order chi connectivity index (χ0) is 10.3. The van der Waals surface area contributed by atoms with Crippen molar-refractivity contribution in [3.63, 3.8) is 0 Å². The number of halogens is 1. The van der Waals surface area contributed by atoms with E-state index in [0.717, 1.165) is 6.42 Å². The highest BCUT2D eigenvalue weighted by Gasteiger charge is 2.24. The van der Waals surface area contributed by atoms with Crippen LogP contribution in [0.2, 0.25) is 0 Å². The minimum Gasteiger partial charge on any atom is -0.150 e. The van der Waals surface area contributed by atoms with E-state index in [1.807, 2.05) is 0 Å². The molecule has 0 aliphatic heterocycles. The van der Waals surface area contributed by atoms with Crippen molar-refractivity contribution in [1.29, 1.82) is 0 Å². The molecular formula is C9H19BrS3. The van der Waals surface area contributed by atoms with Gasteiger partial charge in [-0.25, -0.2) is 0 Å². The van der Waals surface area contributed by atoms with Gasteiger partial charge in [-0.15, -0.1) is 0 Å². The fourth-order valence-corrected chi connectivity index (χ4v) is 1.83. The number of rotatable bonds is 7. The van der Waals surface area contributed by atoms with Gasteiger partial charge in [0, 0.05) is 4.83 Å². The third-order valence-corrected chi connectivity index (χ3v) is 5.12. The summed E-state index contributed by atoms with van der Waals surface area (Å²) in [5.74, 6) is 0. The second-order valence-electron chi connectivity index (χ2n) is 3.36. The number of hydrogen-bond donors (Lipinski definition) is 3. The van der Waals surface area contributed by atoms with Crippen molar-refractivity contribution >= 4 is 53.8 Å². The van der Waals surface area contributed by atoms with Gasteiger partial charge in [-0.3, -0.25) is 0 Å². The first-order valence-corrected chi connectivity index (χ1v) is 7.05. The van der Waals surface area contributed by atoms with E-state index in [9.17, 15) is 0 Å². The molecule has 0 amide bonds. The van der Waals surface area contributed by atoms with Crippen LogP contribution in [0.15, 0.2) is 0 Å². The van der Waals surface area contributed by atoms with E-state index in [4.69, 9.17) is 0 Å². The van der Waals surface area contributed by atoms with Crippen LogP contribution in [0.5, 0.6) is 0 Å². The number of thiol groups is 3. The maximum atomic E-state index is 4.27. The fraction of sp³-hybridized carbons (Fsp3) is 1.00. The second kappa shape index (κ2) is 7.77. The Labute approximate surface area is 107 Å². The summed E-state index contributed by atoms with van der Waals surface area (Å²) in [6, 6.07) is 0. The highest BCUT2D eigenvalue weighted by molar-refractivity contribution is 9.09. The van der Waals surface area contributed by atoms with Crippen molar-refractivity contribution in [3.8, 4) is 0 Å². The summed E-state index contributed by atoms with van der Waals surface area (Å²) >= 11 is 16.4. The molecule has 0 spiro atoms. The van der Waals surface area contributed by atoms with Crippen molar-refractivity contribution in [2.24, 2.45) is 0 Å². The van der Waals surface area contributed by atoms with Gasteiger partial charge in [0.1, 0.15) is 3.41 Å². The molecule has 0 aromatic heterocycles. The maximum absolute atomic E-state index is 4.27. The van der Waals surface area contributed by atoms with E-state index in [-0.39, 0.29) is 4.83 Å². The predicted molar refractivity (Wildman–Crippen MR) is 75.8 cm³/mol. The summed E-state index contributed by atoms with van der Waals surface area (Å²) in [6.07, 6.45) is 7.63. The molecule has 0 saturated carbocycles. The Morgan fingerprint density at radius 3 is 2.08 bits per heavy atom.